The van der Waals surface area contributed by atoms with Gasteiger partial charge in [0.2, 0.25) is 0 Å². The number of hydrogen-bond donors (Lipinski definition) is 1. The highest BCUT2D eigenvalue weighted by Crippen LogP contribution is 2.29. The van der Waals surface area contributed by atoms with Crippen molar-refractivity contribution in [3.63, 3.8) is 0 Å². The molecule has 1 aliphatic rings. The van der Waals surface area contributed by atoms with Crippen molar-refractivity contribution in [3.8, 4) is 11.5 Å². The average Bonchev–Trinajstić information content (AvgIpc) is 3.17. The maximum absolute atomic E-state index is 13.2. The molecule has 1 fully saturated rings. The van der Waals surface area contributed by atoms with Crippen LogP contribution >= 0.6 is 0 Å². The summed E-state index contributed by atoms with van der Waals surface area (Å²) in [5.41, 5.74) is 5.89. The van der Waals surface area contributed by atoms with Gasteiger partial charge in [-0.05, 0) is 44.4 Å². The number of ether oxygens (including phenoxy) is 3. The molecule has 8 heteroatoms. The molecule has 0 unspecified atom stereocenters. The maximum Gasteiger partial charge on any atom is 0.314 e. The van der Waals surface area contributed by atoms with Crippen molar-refractivity contribution in [2.24, 2.45) is 11.7 Å². The lowest BCUT2D eigenvalue weighted by molar-refractivity contribution is 0.0682. The van der Waals surface area contributed by atoms with Crippen LogP contribution in [0.5, 0.6) is 11.5 Å². The summed E-state index contributed by atoms with van der Waals surface area (Å²) in [6.45, 7) is 6.59. The standard InChI is InChI=1S/C21H32N3O5/c1-15(2)24(14-16-8-9-23(13-16)21(22)26)20(25)17-6-7-18(28-4)19(12-17)29-11-5-10-27-3/h6-8,12,15-16H,5,9-11,13-14H2,1-4H3,(H2,22,26)/t16-/m1/s1. The molecule has 0 saturated carbocycles. The highest BCUT2D eigenvalue weighted by molar-refractivity contribution is 5.95. The van der Waals surface area contributed by atoms with Crippen LogP contribution in [0.1, 0.15) is 30.6 Å². The van der Waals surface area contributed by atoms with Crippen LogP contribution in [0.3, 0.4) is 0 Å². The van der Waals surface area contributed by atoms with Crippen LogP contribution in [-0.4, -0.2) is 74.8 Å². The number of methoxy groups -OCH3 is 2. The van der Waals surface area contributed by atoms with Gasteiger partial charge in [0.05, 0.1) is 13.7 Å². The molecule has 2 N–H and O–H groups in total. The van der Waals surface area contributed by atoms with E-state index in [-0.39, 0.29) is 17.9 Å². The Balaban J connectivity index is 2.11. The fourth-order valence-corrected chi connectivity index (χ4v) is 3.28. The Morgan fingerprint density at radius 1 is 1.24 bits per heavy atom. The Bertz CT molecular complexity index is 695. The van der Waals surface area contributed by atoms with E-state index in [0.717, 1.165) is 6.42 Å². The van der Waals surface area contributed by atoms with Crippen LogP contribution in [0.2, 0.25) is 0 Å². The SMILES string of the molecule is COCCCOc1cc(C(=O)N(C[C@@H]2[CH]CN(C(N)=O)C2)C(C)C)ccc1OC. The minimum Gasteiger partial charge on any atom is -0.493 e. The van der Waals surface area contributed by atoms with Crippen LogP contribution in [0, 0.1) is 12.3 Å². The van der Waals surface area contributed by atoms with Gasteiger partial charge in [-0.3, -0.25) is 4.79 Å². The molecule has 2 rings (SSSR count). The molecule has 1 radical (unpaired) electrons. The lowest BCUT2D eigenvalue weighted by Crippen LogP contribution is -2.41. The highest BCUT2D eigenvalue weighted by Gasteiger charge is 2.30. The van der Waals surface area contributed by atoms with Gasteiger partial charge in [0.15, 0.2) is 11.5 Å². The van der Waals surface area contributed by atoms with E-state index in [0.29, 0.717) is 49.9 Å². The first-order valence-electron chi connectivity index (χ1n) is 9.85. The van der Waals surface area contributed by atoms with E-state index in [4.69, 9.17) is 19.9 Å². The monoisotopic (exact) mass is 406 g/mol. The van der Waals surface area contributed by atoms with E-state index in [1.165, 1.54) is 0 Å². The number of carbonyl (C=O) groups excluding carboxylic acids is 2. The molecular formula is C21H32N3O5. The zero-order valence-electron chi connectivity index (χ0n) is 17.7. The maximum atomic E-state index is 13.2. The summed E-state index contributed by atoms with van der Waals surface area (Å²) in [5, 5.41) is 0. The predicted octanol–water partition coefficient (Wildman–Crippen LogP) is 2.18. The van der Waals surface area contributed by atoms with E-state index < -0.39 is 6.03 Å². The number of nitrogens with zero attached hydrogens (tertiary/aromatic N) is 2. The molecule has 1 aromatic rings. The molecule has 1 saturated heterocycles. The van der Waals surface area contributed by atoms with Crippen molar-refractivity contribution in [2.75, 3.05) is 47.1 Å². The summed E-state index contributed by atoms with van der Waals surface area (Å²) >= 11 is 0. The van der Waals surface area contributed by atoms with Crippen LogP contribution < -0.4 is 15.2 Å². The second-order valence-corrected chi connectivity index (χ2v) is 7.35. The van der Waals surface area contributed by atoms with Crippen LogP contribution in [0.25, 0.3) is 0 Å². The topological polar surface area (TPSA) is 94.3 Å². The number of benzene rings is 1. The third-order valence-electron chi connectivity index (χ3n) is 4.90. The molecule has 0 aliphatic carbocycles. The van der Waals surface area contributed by atoms with Gasteiger partial charge in [-0.1, -0.05) is 0 Å². The summed E-state index contributed by atoms with van der Waals surface area (Å²) < 4.78 is 16.2. The lowest BCUT2D eigenvalue weighted by atomic mass is 10.1. The van der Waals surface area contributed by atoms with Crippen molar-refractivity contribution in [1.29, 1.82) is 0 Å². The van der Waals surface area contributed by atoms with Crippen LogP contribution in [0.4, 0.5) is 4.79 Å². The molecule has 161 valence electrons. The van der Waals surface area contributed by atoms with Gasteiger partial charge in [0, 0.05) is 51.4 Å². The zero-order chi connectivity index (χ0) is 21.4. The molecule has 1 heterocycles. The molecule has 0 bridgehead atoms. The van der Waals surface area contributed by atoms with E-state index >= 15 is 0 Å². The normalized spacial score (nSPS) is 16.2. The number of rotatable bonds is 10. The fourth-order valence-electron chi connectivity index (χ4n) is 3.28. The second-order valence-electron chi connectivity index (χ2n) is 7.35. The summed E-state index contributed by atoms with van der Waals surface area (Å²) in [6, 6.07) is 4.78. The van der Waals surface area contributed by atoms with Gasteiger partial charge in [-0.25, -0.2) is 4.79 Å². The Morgan fingerprint density at radius 2 is 2.00 bits per heavy atom. The molecule has 29 heavy (non-hydrogen) atoms. The summed E-state index contributed by atoms with van der Waals surface area (Å²) in [7, 11) is 3.21. The van der Waals surface area contributed by atoms with E-state index in [1.54, 1.807) is 37.3 Å². The van der Waals surface area contributed by atoms with Crippen molar-refractivity contribution < 1.29 is 23.8 Å². The Kier molecular flexibility index (Phi) is 8.57. The summed E-state index contributed by atoms with van der Waals surface area (Å²) in [5.74, 6) is 1.12. The first-order valence-corrected chi connectivity index (χ1v) is 9.85. The quantitative estimate of drug-likeness (QED) is 0.601. The minimum absolute atomic E-state index is 0.00620. The molecule has 8 nitrogen and oxygen atoms in total. The third kappa shape index (κ3) is 6.25. The van der Waals surface area contributed by atoms with Crippen molar-refractivity contribution >= 4 is 11.9 Å². The average molecular weight is 407 g/mol. The van der Waals surface area contributed by atoms with Gasteiger partial charge in [-0.15, -0.1) is 0 Å². The van der Waals surface area contributed by atoms with Crippen LogP contribution in [0.15, 0.2) is 18.2 Å². The molecule has 3 amide bonds. The first-order chi connectivity index (χ1) is 13.9. The number of amides is 3. The largest absolute Gasteiger partial charge is 0.493 e. The van der Waals surface area contributed by atoms with E-state index in [2.05, 4.69) is 0 Å². The Labute approximate surface area is 172 Å². The van der Waals surface area contributed by atoms with Gasteiger partial charge in [0.1, 0.15) is 0 Å². The van der Waals surface area contributed by atoms with Gasteiger partial charge in [0.25, 0.3) is 5.91 Å². The molecule has 0 spiro atoms. The van der Waals surface area contributed by atoms with E-state index in [1.807, 2.05) is 25.2 Å². The van der Waals surface area contributed by atoms with Crippen molar-refractivity contribution in [2.45, 2.75) is 26.3 Å². The Morgan fingerprint density at radius 3 is 2.59 bits per heavy atom. The second kappa shape index (κ2) is 10.9. The number of carbonyl (C=O) groups is 2. The first kappa shape index (κ1) is 22.8. The predicted molar refractivity (Wildman–Crippen MR) is 110 cm³/mol. The lowest BCUT2D eigenvalue weighted by Gasteiger charge is -2.29. The molecule has 1 aliphatic heterocycles. The van der Waals surface area contributed by atoms with Gasteiger partial charge in [-0.2, -0.15) is 0 Å². The molecule has 1 atom stereocenters. The van der Waals surface area contributed by atoms with Gasteiger partial charge < -0.3 is 29.7 Å². The summed E-state index contributed by atoms with van der Waals surface area (Å²) in [6.07, 6.45) is 2.77. The number of likely N-dealkylation sites (tertiary alicyclic amines) is 1. The van der Waals surface area contributed by atoms with Crippen molar-refractivity contribution in [1.82, 2.24) is 9.80 Å². The number of hydrogen-bond acceptors (Lipinski definition) is 5. The highest BCUT2D eigenvalue weighted by atomic mass is 16.5. The number of urea groups is 1. The molecular weight excluding hydrogens is 374 g/mol. The molecule has 1 aromatic carbocycles. The Hall–Kier alpha value is -2.48. The summed E-state index contributed by atoms with van der Waals surface area (Å²) in [4.78, 5) is 28.0. The number of nitrogens with two attached hydrogens (primary N) is 1. The van der Waals surface area contributed by atoms with Gasteiger partial charge >= 0.3 is 6.03 Å². The minimum atomic E-state index is -0.434. The van der Waals surface area contributed by atoms with Crippen molar-refractivity contribution in [3.05, 3.63) is 30.2 Å². The molecule has 0 aromatic heterocycles. The smallest absolute Gasteiger partial charge is 0.314 e. The number of primary amides is 1. The van der Waals surface area contributed by atoms with Crippen LogP contribution in [-0.2, 0) is 4.74 Å². The fraction of sp³-hybridized carbons (Fsp3) is 0.571. The van der Waals surface area contributed by atoms with E-state index in [9.17, 15) is 9.59 Å². The third-order valence-corrected chi connectivity index (χ3v) is 4.90. The zero-order valence-corrected chi connectivity index (χ0v) is 17.7.